The summed E-state index contributed by atoms with van der Waals surface area (Å²) in [6, 6.07) is 12.2. The maximum Gasteiger partial charge on any atom is 0.224 e. The summed E-state index contributed by atoms with van der Waals surface area (Å²) in [6.45, 7) is 2.06. The van der Waals surface area contributed by atoms with Crippen molar-refractivity contribution in [2.75, 3.05) is 18.4 Å². The van der Waals surface area contributed by atoms with Gasteiger partial charge in [-0.15, -0.1) is 0 Å². The minimum absolute atomic E-state index is 0.123. The van der Waals surface area contributed by atoms with E-state index in [4.69, 9.17) is 0 Å². The quantitative estimate of drug-likeness (QED) is 0.883. The van der Waals surface area contributed by atoms with Gasteiger partial charge in [0.05, 0.1) is 0 Å². The van der Waals surface area contributed by atoms with E-state index in [1.165, 1.54) is 5.39 Å². The Morgan fingerprint density at radius 1 is 1.14 bits per heavy atom. The van der Waals surface area contributed by atoms with Crippen LogP contribution in [0.4, 0.5) is 5.69 Å². The van der Waals surface area contributed by atoms with E-state index < -0.39 is 0 Å². The van der Waals surface area contributed by atoms with Crippen LogP contribution in [0, 0.1) is 5.92 Å². The van der Waals surface area contributed by atoms with E-state index in [0.717, 1.165) is 41.5 Å². The number of fused-ring (bicyclic) bond motifs is 1. The summed E-state index contributed by atoms with van der Waals surface area (Å²) >= 11 is 3.47. The van der Waals surface area contributed by atoms with E-state index in [1.807, 2.05) is 24.3 Å². The first-order valence-electron chi connectivity index (χ1n) is 7.40. The van der Waals surface area contributed by atoms with Crippen molar-refractivity contribution < 1.29 is 4.79 Å². The molecule has 0 aromatic heterocycles. The first-order valence-corrected chi connectivity index (χ1v) is 8.20. The minimum atomic E-state index is 0.123. The average molecular weight is 347 g/mol. The van der Waals surface area contributed by atoms with Gasteiger partial charge < -0.3 is 10.6 Å². The molecule has 1 saturated heterocycles. The normalized spacial score (nSPS) is 16.0. The SMILES string of the molecule is O=C(CC1CCNCC1)Nc1ccc2cc(Br)ccc2c1. The number of hydrogen-bond donors (Lipinski definition) is 2. The molecule has 21 heavy (non-hydrogen) atoms. The third-order valence-corrected chi connectivity index (χ3v) is 4.51. The highest BCUT2D eigenvalue weighted by Gasteiger charge is 2.16. The van der Waals surface area contributed by atoms with E-state index in [-0.39, 0.29) is 5.91 Å². The van der Waals surface area contributed by atoms with Crippen molar-refractivity contribution in [3.05, 3.63) is 40.9 Å². The van der Waals surface area contributed by atoms with Crippen LogP contribution in [-0.4, -0.2) is 19.0 Å². The van der Waals surface area contributed by atoms with E-state index in [1.54, 1.807) is 0 Å². The standard InChI is InChI=1S/C17H19BrN2O/c18-15-3-1-14-11-16(4-2-13(14)10-15)20-17(21)9-12-5-7-19-8-6-12/h1-4,10-12,19H,5-9H2,(H,20,21). The summed E-state index contributed by atoms with van der Waals surface area (Å²) in [5, 5.41) is 8.66. The Hall–Kier alpha value is -1.39. The van der Waals surface area contributed by atoms with E-state index in [2.05, 4.69) is 38.7 Å². The molecule has 4 heteroatoms. The highest BCUT2D eigenvalue weighted by atomic mass is 79.9. The lowest BCUT2D eigenvalue weighted by Crippen LogP contribution is -2.30. The fraction of sp³-hybridized carbons (Fsp3) is 0.353. The van der Waals surface area contributed by atoms with Gasteiger partial charge in [0.2, 0.25) is 5.91 Å². The second-order valence-corrected chi connectivity index (χ2v) is 6.57. The molecule has 1 aliphatic heterocycles. The lowest BCUT2D eigenvalue weighted by molar-refractivity contribution is -0.117. The van der Waals surface area contributed by atoms with Crippen molar-refractivity contribution in [3.63, 3.8) is 0 Å². The van der Waals surface area contributed by atoms with Crippen molar-refractivity contribution in [2.24, 2.45) is 5.92 Å². The van der Waals surface area contributed by atoms with Crippen LogP contribution in [0.25, 0.3) is 10.8 Å². The van der Waals surface area contributed by atoms with Gasteiger partial charge >= 0.3 is 0 Å². The fourth-order valence-corrected chi connectivity index (χ4v) is 3.23. The number of rotatable bonds is 3. The van der Waals surface area contributed by atoms with Gasteiger partial charge in [-0.25, -0.2) is 0 Å². The molecule has 1 heterocycles. The van der Waals surface area contributed by atoms with Crippen LogP contribution in [0.3, 0.4) is 0 Å². The van der Waals surface area contributed by atoms with E-state index in [9.17, 15) is 4.79 Å². The predicted molar refractivity (Wildman–Crippen MR) is 90.5 cm³/mol. The Morgan fingerprint density at radius 3 is 2.67 bits per heavy atom. The Balaban J connectivity index is 1.66. The zero-order valence-electron chi connectivity index (χ0n) is 11.9. The molecule has 3 rings (SSSR count). The number of nitrogens with one attached hydrogen (secondary N) is 2. The summed E-state index contributed by atoms with van der Waals surface area (Å²) < 4.78 is 1.07. The Kier molecular flexibility index (Phi) is 4.56. The second-order valence-electron chi connectivity index (χ2n) is 5.65. The lowest BCUT2D eigenvalue weighted by Gasteiger charge is -2.21. The number of anilines is 1. The smallest absolute Gasteiger partial charge is 0.224 e. The van der Waals surface area contributed by atoms with Gasteiger partial charge in [0.15, 0.2) is 0 Å². The van der Waals surface area contributed by atoms with Crippen LogP contribution < -0.4 is 10.6 Å². The summed E-state index contributed by atoms with van der Waals surface area (Å²) in [5.41, 5.74) is 0.878. The van der Waals surface area contributed by atoms with Gasteiger partial charge in [0.1, 0.15) is 0 Å². The number of carbonyl (C=O) groups is 1. The maximum absolute atomic E-state index is 12.1. The number of benzene rings is 2. The number of halogens is 1. The molecule has 0 aliphatic carbocycles. The molecule has 1 amide bonds. The molecule has 0 unspecified atom stereocenters. The second kappa shape index (κ2) is 6.58. The topological polar surface area (TPSA) is 41.1 Å². The Labute approximate surface area is 133 Å². The fourth-order valence-electron chi connectivity index (χ4n) is 2.85. The molecule has 2 aromatic rings. The molecule has 0 bridgehead atoms. The van der Waals surface area contributed by atoms with E-state index >= 15 is 0 Å². The molecule has 110 valence electrons. The van der Waals surface area contributed by atoms with Crippen LogP contribution in [-0.2, 0) is 4.79 Å². The predicted octanol–water partition coefficient (Wildman–Crippen LogP) is 3.93. The molecule has 0 atom stereocenters. The number of carbonyl (C=O) groups excluding carboxylic acids is 1. The van der Waals surface area contributed by atoms with Gasteiger partial charge in [-0.2, -0.15) is 0 Å². The van der Waals surface area contributed by atoms with Crippen molar-refractivity contribution in [2.45, 2.75) is 19.3 Å². The van der Waals surface area contributed by atoms with E-state index in [0.29, 0.717) is 12.3 Å². The van der Waals surface area contributed by atoms with Gasteiger partial charge in [0, 0.05) is 16.6 Å². The summed E-state index contributed by atoms with van der Waals surface area (Å²) in [6.07, 6.45) is 2.82. The highest BCUT2D eigenvalue weighted by Crippen LogP contribution is 2.23. The highest BCUT2D eigenvalue weighted by molar-refractivity contribution is 9.10. The van der Waals surface area contributed by atoms with Crippen LogP contribution in [0.15, 0.2) is 40.9 Å². The lowest BCUT2D eigenvalue weighted by atomic mass is 9.94. The van der Waals surface area contributed by atoms with Gasteiger partial charge in [-0.1, -0.05) is 28.1 Å². The monoisotopic (exact) mass is 346 g/mol. The first-order chi connectivity index (χ1) is 10.2. The van der Waals surface area contributed by atoms with Crippen molar-refractivity contribution in [3.8, 4) is 0 Å². The molecule has 2 N–H and O–H groups in total. The maximum atomic E-state index is 12.1. The molecule has 0 spiro atoms. The van der Waals surface area contributed by atoms with Crippen molar-refractivity contribution in [1.82, 2.24) is 5.32 Å². The summed E-state index contributed by atoms with van der Waals surface area (Å²) in [5.74, 6) is 0.640. The molecule has 0 saturated carbocycles. The van der Waals surface area contributed by atoms with Crippen LogP contribution in [0.1, 0.15) is 19.3 Å². The number of amides is 1. The van der Waals surface area contributed by atoms with Crippen LogP contribution in [0.5, 0.6) is 0 Å². The average Bonchev–Trinajstić information content (AvgIpc) is 2.48. The molecular weight excluding hydrogens is 328 g/mol. The van der Waals surface area contributed by atoms with Gasteiger partial charge in [-0.05, 0) is 66.9 Å². The van der Waals surface area contributed by atoms with Crippen molar-refractivity contribution in [1.29, 1.82) is 0 Å². The zero-order valence-corrected chi connectivity index (χ0v) is 13.4. The van der Waals surface area contributed by atoms with Crippen LogP contribution >= 0.6 is 15.9 Å². The molecule has 3 nitrogen and oxygen atoms in total. The zero-order chi connectivity index (χ0) is 14.7. The number of hydrogen-bond acceptors (Lipinski definition) is 2. The molecular formula is C17H19BrN2O. The first kappa shape index (κ1) is 14.5. The molecule has 2 aromatic carbocycles. The largest absolute Gasteiger partial charge is 0.326 e. The number of piperidine rings is 1. The summed E-state index contributed by atoms with van der Waals surface area (Å²) in [4.78, 5) is 12.1. The Bertz CT molecular complexity index is 650. The molecule has 0 radical (unpaired) electrons. The third kappa shape index (κ3) is 3.83. The third-order valence-electron chi connectivity index (χ3n) is 4.02. The van der Waals surface area contributed by atoms with Gasteiger partial charge in [-0.3, -0.25) is 4.79 Å². The molecule has 1 fully saturated rings. The molecule has 1 aliphatic rings. The summed E-state index contributed by atoms with van der Waals surface area (Å²) in [7, 11) is 0. The minimum Gasteiger partial charge on any atom is -0.326 e. The van der Waals surface area contributed by atoms with Crippen LogP contribution in [0.2, 0.25) is 0 Å². The van der Waals surface area contributed by atoms with Gasteiger partial charge in [0.25, 0.3) is 0 Å². The Morgan fingerprint density at radius 2 is 1.86 bits per heavy atom. The van der Waals surface area contributed by atoms with Crippen molar-refractivity contribution >= 4 is 38.3 Å².